The molecule has 15 heavy (non-hydrogen) atoms. The predicted molar refractivity (Wildman–Crippen MR) is 56.0 cm³/mol. The zero-order valence-electron chi connectivity index (χ0n) is 7.97. The van der Waals surface area contributed by atoms with Gasteiger partial charge in [-0.3, -0.25) is 10.1 Å². The van der Waals surface area contributed by atoms with Crippen LogP contribution < -0.4 is 5.32 Å². The molecule has 82 valence electrons. The molecule has 1 aliphatic carbocycles. The highest BCUT2D eigenvalue weighted by Crippen LogP contribution is 2.45. The van der Waals surface area contributed by atoms with Crippen molar-refractivity contribution in [2.24, 2.45) is 5.41 Å². The molecule has 7 heteroatoms. The van der Waals surface area contributed by atoms with E-state index in [9.17, 15) is 10.1 Å². The minimum absolute atomic E-state index is 0.0134. The number of hydrogen-bond donors (Lipinski definition) is 2. The highest BCUT2D eigenvalue weighted by atomic mass is 32.1. The van der Waals surface area contributed by atoms with Crippen molar-refractivity contribution < 1.29 is 10.0 Å². The Balaban J connectivity index is 1.91. The smallest absolute Gasteiger partial charge is 0.345 e. The molecular weight excluding hydrogens is 218 g/mol. The summed E-state index contributed by atoms with van der Waals surface area (Å²) in [6.45, 7) is 0.793. The van der Waals surface area contributed by atoms with E-state index in [4.69, 9.17) is 5.11 Å². The predicted octanol–water partition coefficient (Wildman–Crippen LogP) is 1.24. The Hall–Kier alpha value is -1.21. The first-order chi connectivity index (χ1) is 7.15. The highest BCUT2D eigenvalue weighted by molar-refractivity contribution is 7.18. The molecule has 1 aromatic heterocycles. The Labute approximate surface area is 90.1 Å². The van der Waals surface area contributed by atoms with Crippen LogP contribution in [0.2, 0.25) is 0 Å². The summed E-state index contributed by atoms with van der Waals surface area (Å²) >= 11 is 1.02. The van der Waals surface area contributed by atoms with Crippen molar-refractivity contribution in [2.75, 3.05) is 18.5 Å². The topological polar surface area (TPSA) is 88.3 Å². The van der Waals surface area contributed by atoms with E-state index in [1.54, 1.807) is 0 Å². The van der Waals surface area contributed by atoms with Gasteiger partial charge in [-0.15, -0.1) is 0 Å². The Bertz CT molecular complexity index is 375. The maximum Gasteiger partial charge on any atom is 0.345 e. The number of nitrogens with one attached hydrogen (secondary N) is 1. The molecule has 6 nitrogen and oxygen atoms in total. The van der Waals surface area contributed by atoms with Gasteiger partial charge in [-0.25, -0.2) is 4.98 Å². The Kier molecular flexibility index (Phi) is 2.57. The van der Waals surface area contributed by atoms with Crippen LogP contribution in [0.3, 0.4) is 0 Å². The fraction of sp³-hybridized carbons (Fsp3) is 0.625. The second-order valence-corrected chi connectivity index (χ2v) is 4.78. The van der Waals surface area contributed by atoms with Crippen molar-refractivity contribution in [2.45, 2.75) is 12.8 Å². The standard InChI is InChI=1S/C8H11N3O3S/c12-5-8(1-2-8)4-10-7-9-3-6(15-7)11(13)14/h3,12H,1-2,4-5H2,(H,9,10). The van der Waals surface area contributed by atoms with Crippen LogP contribution in [0.25, 0.3) is 0 Å². The fourth-order valence-corrected chi connectivity index (χ4v) is 1.89. The first-order valence-corrected chi connectivity index (χ1v) is 5.42. The van der Waals surface area contributed by atoms with Gasteiger partial charge in [0.05, 0.1) is 11.5 Å². The number of anilines is 1. The van der Waals surface area contributed by atoms with Crippen LogP contribution in [0.4, 0.5) is 10.1 Å². The Morgan fingerprint density at radius 2 is 2.47 bits per heavy atom. The van der Waals surface area contributed by atoms with Crippen LogP contribution in [0.15, 0.2) is 6.20 Å². The summed E-state index contributed by atoms with van der Waals surface area (Å²) in [4.78, 5) is 13.8. The molecule has 2 N–H and O–H groups in total. The molecule has 1 saturated carbocycles. The van der Waals surface area contributed by atoms with E-state index in [1.165, 1.54) is 6.20 Å². The van der Waals surface area contributed by atoms with Gasteiger partial charge in [-0.1, -0.05) is 0 Å². The van der Waals surface area contributed by atoms with Crippen molar-refractivity contribution >= 4 is 21.5 Å². The normalized spacial score (nSPS) is 17.4. The number of aromatic nitrogens is 1. The van der Waals surface area contributed by atoms with E-state index < -0.39 is 4.92 Å². The third kappa shape index (κ3) is 2.24. The molecule has 1 heterocycles. The van der Waals surface area contributed by atoms with E-state index >= 15 is 0 Å². The Morgan fingerprint density at radius 3 is 2.93 bits per heavy atom. The van der Waals surface area contributed by atoms with Crippen molar-refractivity contribution in [3.05, 3.63) is 16.3 Å². The molecule has 0 aliphatic heterocycles. The lowest BCUT2D eigenvalue weighted by molar-refractivity contribution is -0.380. The van der Waals surface area contributed by atoms with Gasteiger partial charge in [-0.05, 0) is 24.2 Å². The van der Waals surface area contributed by atoms with Gasteiger partial charge in [0.15, 0.2) is 5.13 Å². The van der Waals surface area contributed by atoms with Crippen molar-refractivity contribution in [3.63, 3.8) is 0 Å². The molecule has 0 unspecified atom stereocenters. The third-order valence-electron chi connectivity index (χ3n) is 2.58. The lowest BCUT2D eigenvalue weighted by atomic mass is 10.1. The van der Waals surface area contributed by atoms with Crippen LogP contribution in [0.1, 0.15) is 12.8 Å². The van der Waals surface area contributed by atoms with Crippen molar-refractivity contribution in [3.8, 4) is 0 Å². The SMILES string of the molecule is O=[N+]([O-])c1cnc(NCC2(CO)CC2)s1. The minimum Gasteiger partial charge on any atom is -0.396 e. The second-order valence-electron chi connectivity index (χ2n) is 3.77. The summed E-state index contributed by atoms with van der Waals surface area (Å²) in [6.07, 6.45) is 3.25. The van der Waals surface area contributed by atoms with Crippen molar-refractivity contribution in [1.29, 1.82) is 0 Å². The molecule has 2 rings (SSSR count). The van der Waals surface area contributed by atoms with Crippen LogP contribution in [-0.4, -0.2) is 28.2 Å². The van der Waals surface area contributed by atoms with E-state index in [2.05, 4.69) is 10.3 Å². The van der Waals surface area contributed by atoms with E-state index in [-0.39, 0.29) is 17.0 Å². The molecule has 0 atom stereocenters. The molecule has 1 aromatic rings. The number of rotatable bonds is 5. The molecule has 1 fully saturated rings. The van der Waals surface area contributed by atoms with Gasteiger partial charge < -0.3 is 10.4 Å². The fourth-order valence-electron chi connectivity index (χ4n) is 1.26. The summed E-state index contributed by atoms with van der Waals surface area (Å²) in [5, 5.41) is 23.0. The van der Waals surface area contributed by atoms with E-state index in [0.29, 0.717) is 11.7 Å². The first-order valence-electron chi connectivity index (χ1n) is 4.60. The van der Waals surface area contributed by atoms with Crippen LogP contribution in [0.5, 0.6) is 0 Å². The lowest BCUT2D eigenvalue weighted by Gasteiger charge is -2.10. The van der Waals surface area contributed by atoms with Crippen LogP contribution >= 0.6 is 11.3 Å². The molecule has 0 radical (unpaired) electrons. The number of aliphatic hydroxyl groups excluding tert-OH is 1. The van der Waals surface area contributed by atoms with Crippen molar-refractivity contribution in [1.82, 2.24) is 4.98 Å². The van der Waals surface area contributed by atoms with Gasteiger partial charge >= 0.3 is 5.00 Å². The van der Waals surface area contributed by atoms with Gasteiger partial charge in [0.1, 0.15) is 6.20 Å². The molecule has 0 saturated heterocycles. The molecule has 0 aromatic carbocycles. The maximum atomic E-state index is 10.4. The van der Waals surface area contributed by atoms with Crippen LogP contribution in [-0.2, 0) is 0 Å². The molecule has 1 aliphatic rings. The van der Waals surface area contributed by atoms with Crippen LogP contribution in [0, 0.1) is 15.5 Å². The zero-order chi connectivity index (χ0) is 10.9. The highest BCUT2D eigenvalue weighted by Gasteiger charge is 2.41. The van der Waals surface area contributed by atoms with Gasteiger partial charge in [0.2, 0.25) is 0 Å². The average molecular weight is 229 g/mol. The summed E-state index contributed by atoms with van der Waals surface area (Å²) in [5.74, 6) is 0. The largest absolute Gasteiger partial charge is 0.396 e. The summed E-state index contributed by atoms with van der Waals surface area (Å²) in [7, 11) is 0. The van der Waals surface area contributed by atoms with Gasteiger partial charge in [0, 0.05) is 12.0 Å². The quantitative estimate of drug-likeness (QED) is 0.585. The number of aliphatic hydroxyl groups is 1. The molecular formula is C8H11N3O3S. The lowest BCUT2D eigenvalue weighted by Crippen LogP contribution is -2.18. The molecule has 0 bridgehead atoms. The summed E-state index contributed by atoms with van der Waals surface area (Å²) in [6, 6.07) is 0. The summed E-state index contributed by atoms with van der Waals surface area (Å²) < 4.78 is 0. The number of thiazole rings is 1. The third-order valence-corrected chi connectivity index (χ3v) is 3.49. The van der Waals surface area contributed by atoms with Gasteiger partial charge in [-0.2, -0.15) is 0 Å². The first kappa shape index (κ1) is 10.3. The number of hydrogen-bond acceptors (Lipinski definition) is 6. The maximum absolute atomic E-state index is 10.4. The Morgan fingerprint density at radius 1 is 1.73 bits per heavy atom. The van der Waals surface area contributed by atoms with E-state index in [1.807, 2.05) is 0 Å². The summed E-state index contributed by atoms with van der Waals surface area (Å²) in [5.41, 5.74) is -0.0134. The monoisotopic (exact) mass is 229 g/mol. The van der Waals surface area contributed by atoms with Gasteiger partial charge in [0.25, 0.3) is 0 Å². The average Bonchev–Trinajstić information content (AvgIpc) is 2.85. The number of nitrogens with zero attached hydrogens (tertiary/aromatic N) is 2. The number of nitro groups is 1. The zero-order valence-corrected chi connectivity index (χ0v) is 8.79. The van der Waals surface area contributed by atoms with E-state index in [0.717, 1.165) is 24.2 Å². The molecule has 0 amide bonds. The minimum atomic E-state index is -0.457. The second kappa shape index (κ2) is 3.74. The molecule has 0 spiro atoms.